The number of aliphatic hydroxyl groups excluding tert-OH is 1. The molecule has 0 amide bonds. The maximum atomic E-state index is 12.2. The number of ketones is 1. The molecule has 1 saturated carbocycles. The van der Waals surface area contributed by atoms with E-state index in [1.165, 1.54) is 18.2 Å². The standard InChI is InChI=1S/C15H20N2O4/c1-16(13-7-2-3-8-14(13)18)10-15(19)11-5-4-6-12(9-11)17(20)21/h4-6,9,13-14,18H,2-3,7-8,10H2,1H3. The minimum atomic E-state index is -0.509. The lowest BCUT2D eigenvalue weighted by Crippen LogP contribution is -2.45. The molecule has 1 aromatic rings. The summed E-state index contributed by atoms with van der Waals surface area (Å²) in [6.45, 7) is 0.156. The molecular formula is C15H20N2O4. The molecule has 0 saturated heterocycles. The van der Waals surface area contributed by atoms with Crippen molar-refractivity contribution in [2.75, 3.05) is 13.6 Å². The van der Waals surface area contributed by atoms with Crippen molar-refractivity contribution in [2.24, 2.45) is 0 Å². The average Bonchev–Trinajstić information content (AvgIpc) is 2.47. The third kappa shape index (κ3) is 3.86. The summed E-state index contributed by atoms with van der Waals surface area (Å²) in [6, 6.07) is 5.75. The molecule has 1 aliphatic carbocycles. The molecule has 6 nitrogen and oxygen atoms in total. The second kappa shape index (κ2) is 6.78. The summed E-state index contributed by atoms with van der Waals surface area (Å²) in [7, 11) is 1.81. The number of Topliss-reactive ketones (excluding diaryl/α,β-unsaturated/α-hetero) is 1. The summed E-state index contributed by atoms with van der Waals surface area (Å²) in [5, 5.41) is 20.7. The minimum Gasteiger partial charge on any atom is -0.391 e. The van der Waals surface area contributed by atoms with Crippen LogP contribution in [-0.2, 0) is 0 Å². The number of nitrogens with zero attached hydrogens (tertiary/aromatic N) is 2. The summed E-state index contributed by atoms with van der Waals surface area (Å²) in [4.78, 5) is 24.3. The van der Waals surface area contributed by atoms with Gasteiger partial charge in [-0.25, -0.2) is 0 Å². The van der Waals surface area contributed by atoms with Gasteiger partial charge in [0.1, 0.15) is 0 Å². The Hall–Kier alpha value is -1.79. The largest absolute Gasteiger partial charge is 0.391 e. The van der Waals surface area contributed by atoms with Crippen molar-refractivity contribution in [3.63, 3.8) is 0 Å². The molecule has 0 aliphatic heterocycles. The highest BCUT2D eigenvalue weighted by Crippen LogP contribution is 2.22. The molecule has 0 spiro atoms. The topological polar surface area (TPSA) is 83.7 Å². The van der Waals surface area contributed by atoms with E-state index in [-0.39, 0.29) is 24.1 Å². The van der Waals surface area contributed by atoms with Crippen LogP contribution in [0, 0.1) is 10.1 Å². The first-order chi connectivity index (χ1) is 9.99. The third-order valence-corrected chi connectivity index (χ3v) is 4.03. The van der Waals surface area contributed by atoms with Crippen molar-refractivity contribution >= 4 is 11.5 Å². The van der Waals surface area contributed by atoms with Crippen molar-refractivity contribution in [3.05, 3.63) is 39.9 Å². The normalized spacial score (nSPS) is 22.2. The predicted molar refractivity (Wildman–Crippen MR) is 78.3 cm³/mol. The number of nitro benzene ring substituents is 1. The van der Waals surface area contributed by atoms with Gasteiger partial charge in [-0.1, -0.05) is 25.0 Å². The van der Waals surface area contributed by atoms with E-state index >= 15 is 0 Å². The highest BCUT2D eigenvalue weighted by molar-refractivity contribution is 5.98. The first-order valence-corrected chi connectivity index (χ1v) is 7.15. The van der Waals surface area contributed by atoms with Gasteiger partial charge in [-0.3, -0.25) is 19.8 Å². The van der Waals surface area contributed by atoms with Gasteiger partial charge in [-0.2, -0.15) is 0 Å². The number of aliphatic hydroxyl groups is 1. The number of benzene rings is 1. The second-order valence-electron chi connectivity index (χ2n) is 5.56. The van der Waals surface area contributed by atoms with Crippen LogP contribution in [0.25, 0.3) is 0 Å². The summed E-state index contributed by atoms with van der Waals surface area (Å²) >= 11 is 0. The Morgan fingerprint density at radius 1 is 1.43 bits per heavy atom. The minimum absolute atomic E-state index is 0.0126. The van der Waals surface area contributed by atoms with Crippen LogP contribution in [0.5, 0.6) is 0 Å². The van der Waals surface area contributed by atoms with Crippen LogP contribution in [-0.4, -0.2) is 46.5 Å². The lowest BCUT2D eigenvalue weighted by Gasteiger charge is -2.34. The average molecular weight is 292 g/mol. The monoisotopic (exact) mass is 292 g/mol. The zero-order valence-corrected chi connectivity index (χ0v) is 12.1. The first kappa shape index (κ1) is 15.6. The molecule has 2 unspecified atom stereocenters. The Kier molecular flexibility index (Phi) is 5.03. The summed E-state index contributed by atoms with van der Waals surface area (Å²) in [5.41, 5.74) is 0.252. The molecule has 0 aromatic heterocycles. The van der Waals surface area contributed by atoms with Gasteiger partial charge < -0.3 is 5.11 Å². The number of rotatable bonds is 5. The van der Waals surface area contributed by atoms with E-state index in [1.807, 2.05) is 11.9 Å². The van der Waals surface area contributed by atoms with Crippen LogP contribution >= 0.6 is 0 Å². The van der Waals surface area contributed by atoms with Crippen molar-refractivity contribution < 1.29 is 14.8 Å². The molecule has 114 valence electrons. The van der Waals surface area contributed by atoms with Crippen LogP contribution in [0.2, 0.25) is 0 Å². The molecular weight excluding hydrogens is 272 g/mol. The Morgan fingerprint density at radius 3 is 2.81 bits per heavy atom. The third-order valence-electron chi connectivity index (χ3n) is 4.03. The summed E-state index contributed by atoms with van der Waals surface area (Å²) in [6.07, 6.45) is 3.31. The second-order valence-corrected chi connectivity index (χ2v) is 5.56. The quantitative estimate of drug-likeness (QED) is 0.510. The van der Waals surface area contributed by atoms with Gasteiger partial charge in [0.2, 0.25) is 0 Å². The fourth-order valence-corrected chi connectivity index (χ4v) is 2.83. The van der Waals surface area contributed by atoms with Crippen LogP contribution < -0.4 is 0 Å². The van der Waals surface area contributed by atoms with Gasteiger partial charge in [0.05, 0.1) is 17.6 Å². The number of nitro groups is 1. The van der Waals surface area contributed by atoms with E-state index in [0.29, 0.717) is 5.56 Å². The number of likely N-dealkylation sites (N-methyl/N-ethyl adjacent to an activating group) is 1. The molecule has 0 heterocycles. The van der Waals surface area contributed by atoms with E-state index in [4.69, 9.17) is 0 Å². The van der Waals surface area contributed by atoms with Gasteiger partial charge >= 0.3 is 0 Å². The summed E-state index contributed by atoms with van der Waals surface area (Å²) < 4.78 is 0. The van der Waals surface area contributed by atoms with Gasteiger partial charge in [0.25, 0.3) is 5.69 Å². The fourth-order valence-electron chi connectivity index (χ4n) is 2.83. The van der Waals surface area contributed by atoms with E-state index in [1.54, 1.807) is 6.07 Å². The maximum absolute atomic E-state index is 12.2. The highest BCUT2D eigenvalue weighted by Gasteiger charge is 2.27. The van der Waals surface area contributed by atoms with Crippen molar-refractivity contribution in [2.45, 2.75) is 37.8 Å². The predicted octanol–water partition coefficient (Wildman–Crippen LogP) is 2.01. The molecule has 1 fully saturated rings. The zero-order valence-electron chi connectivity index (χ0n) is 12.1. The molecule has 6 heteroatoms. The Morgan fingerprint density at radius 2 is 2.14 bits per heavy atom. The van der Waals surface area contributed by atoms with E-state index in [9.17, 15) is 20.0 Å². The Bertz CT molecular complexity index is 532. The van der Waals surface area contributed by atoms with Crippen molar-refractivity contribution in [3.8, 4) is 0 Å². The number of hydrogen-bond acceptors (Lipinski definition) is 5. The first-order valence-electron chi connectivity index (χ1n) is 7.15. The number of carbonyl (C=O) groups is 1. The lowest BCUT2D eigenvalue weighted by molar-refractivity contribution is -0.384. The number of non-ortho nitro benzene ring substituents is 1. The highest BCUT2D eigenvalue weighted by atomic mass is 16.6. The molecule has 1 aliphatic rings. The van der Waals surface area contributed by atoms with Gasteiger partial charge in [0, 0.05) is 23.7 Å². The van der Waals surface area contributed by atoms with Gasteiger partial charge in [-0.05, 0) is 19.9 Å². The van der Waals surface area contributed by atoms with Gasteiger partial charge in [-0.15, -0.1) is 0 Å². The molecule has 0 radical (unpaired) electrons. The van der Waals surface area contributed by atoms with E-state index in [2.05, 4.69) is 0 Å². The van der Waals surface area contributed by atoms with Crippen LogP contribution in [0.15, 0.2) is 24.3 Å². The molecule has 1 aromatic carbocycles. The maximum Gasteiger partial charge on any atom is 0.270 e. The fraction of sp³-hybridized carbons (Fsp3) is 0.533. The molecule has 1 N–H and O–H groups in total. The molecule has 2 rings (SSSR count). The Labute approximate surface area is 123 Å². The smallest absolute Gasteiger partial charge is 0.270 e. The lowest BCUT2D eigenvalue weighted by atomic mass is 9.91. The summed E-state index contributed by atoms with van der Waals surface area (Å²) in [5.74, 6) is -0.168. The van der Waals surface area contributed by atoms with E-state index in [0.717, 1.165) is 25.7 Å². The molecule has 0 bridgehead atoms. The SMILES string of the molecule is CN(CC(=O)c1cccc([N+](=O)[O-])c1)C1CCCCC1O. The van der Waals surface area contributed by atoms with E-state index < -0.39 is 11.0 Å². The van der Waals surface area contributed by atoms with Crippen LogP contribution in [0.1, 0.15) is 36.0 Å². The molecule has 2 atom stereocenters. The molecule has 21 heavy (non-hydrogen) atoms. The zero-order chi connectivity index (χ0) is 15.4. The number of hydrogen-bond donors (Lipinski definition) is 1. The van der Waals surface area contributed by atoms with Crippen molar-refractivity contribution in [1.29, 1.82) is 0 Å². The number of carbonyl (C=O) groups excluding carboxylic acids is 1. The Balaban J connectivity index is 2.03. The van der Waals surface area contributed by atoms with Crippen LogP contribution in [0.4, 0.5) is 5.69 Å². The van der Waals surface area contributed by atoms with Crippen LogP contribution in [0.3, 0.4) is 0 Å². The van der Waals surface area contributed by atoms with Gasteiger partial charge in [0.15, 0.2) is 5.78 Å². The van der Waals surface area contributed by atoms with Crippen molar-refractivity contribution in [1.82, 2.24) is 4.90 Å².